The molecule has 1 heterocycles. The molecule has 22 heavy (non-hydrogen) atoms. The van der Waals surface area contributed by atoms with Gasteiger partial charge in [-0.25, -0.2) is 4.21 Å². The van der Waals surface area contributed by atoms with Crippen molar-refractivity contribution in [1.82, 2.24) is 4.98 Å². The van der Waals surface area contributed by atoms with E-state index < -0.39 is 0 Å². The predicted octanol–water partition coefficient (Wildman–Crippen LogP) is 4.47. The standard InChI is InChI=1S/C17H12BrNOS2/c18-14-8-4-7-13(9-14)16(12-5-2-1-3-6-12)17(22-20)15-10-19-11-21-15/h1-11,16H. The van der Waals surface area contributed by atoms with Gasteiger partial charge in [-0.15, -0.1) is 11.3 Å². The summed E-state index contributed by atoms with van der Waals surface area (Å²) in [6, 6.07) is 18.2. The molecule has 0 saturated heterocycles. The molecule has 0 aliphatic rings. The van der Waals surface area contributed by atoms with Crippen LogP contribution in [0.4, 0.5) is 0 Å². The summed E-state index contributed by atoms with van der Waals surface area (Å²) in [6.07, 6.45) is 1.76. The van der Waals surface area contributed by atoms with Crippen LogP contribution < -0.4 is 0 Å². The Bertz CT molecular complexity index is 812. The Kier molecular flexibility index (Phi) is 4.97. The summed E-state index contributed by atoms with van der Waals surface area (Å²) >= 11 is 5.57. The fourth-order valence-electron chi connectivity index (χ4n) is 2.40. The van der Waals surface area contributed by atoms with Crippen LogP contribution in [0.25, 0.3) is 0 Å². The van der Waals surface area contributed by atoms with Crippen molar-refractivity contribution >= 4 is 43.4 Å². The summed E-state index contributed by atoms with van der Waals surface area (Å²) in [5.41, 5.74) is 3.95. The highest BCUT2D eigenvalue weighted by atomic mass is 79.9. The van der Waals surface area contributed by atoms with E-state index in [1.165, 1.54) is 11.3 Å². The minimum Gasteiger partial charge on any atom is -0.252 e. The van der Waals surface area contributed by atoms with Crippen LogP contribution in [0.5, 0.6) is 0 Å². The Hall–Kier alpha value is -1.56. The van der Waals surface area contributed by atoms with Crippen molar-refractivity contribution in [3.63, 3.8) is 0 Å². The van der Waals surface area contributed by atoms with Crippen LogP contribution in [0.15, 0.2) is 70.8 Å². The van der Waals surface area contributed by atoms with E-state index in [2.05, 4.69) is 45.2 Å². The molecular formula is C17H12BrNOS2. The zero-order chi connectivity index (χ0) is 15.4. The van der Waals surface area contributed by atoms with Crippen molar-refractivity contribution in [2.75, 3.05) is 0 Å². The van der Waals surface area contributed by atoms with E-state index in [-0.39, 0.29) is 5.92 Å². The average molecular weight is 390 g/mol. The van der Waals surface area contributed by atoms with Gasteiger partial charge in [-0.2, -0.15) is 0 Å². The summed E-state index contributed by atoms with van der Waals surface area (Å²) in [5, 5.41) is 0. The van der Waals surface area contributed by atoms with Gasteiger partial charge >= 0.3 is 0 Å². The third-order valence-corrected chi connectivity index (χ3v) is 5.41. The molecule has 2 aromatic carbocycles. The first-order valence-corrected chi connectivity index (χ1v) is 9.07. The first-order valence-electron chi connectivity index (χ1n) is 6.65. The van der Waals surface area contributed by atoms with Crippen LogP contribution in [0.3, 0.4) is 0 Å². The average Bonchev–Trinajstić information content (AvgIpc) is 3.07. The molecule has 110 valence electrons. The molecule has 0 fully saturated rings. The number of halogens is 1. The molecule has 0 amide bonds. The van der Waals surface area contributed by atoms with E-state index in [4.69, 9.17) is 0 Å². The van der Waals surface area contributed by atoms with Gasteiger partial charge in [0.1, 0.15) is 0 Å². The third kappa shape index (κ3) is 3.27. The van der Waals surface area contributed by atoms with Crippen LogP contribution in [-0.2, 0) is 11.3 Å². The van der Waals surface area contributed by atoms with Gasteiger partial charge in [0.15, 0.2) is 0 Å². The third-order valence-electron chi connectivity index (χ3n) is 3.34. The van der Waals surface area contributed by atoms with E-state index in [0.717, 1.165) is 25.3 Å². The molecule has 0 N–H and O–H groups in total. The zero-order valence-corrected chi connectivity index (χ0v) is 14.7. The molecule has 1 atom stereocenters. The SMILES string of the molecule is O=S=C(c1cncs1)C(c1ccccc1)c1cccc(Br)c1. The van der Waals surface area contributed by atoms with Crippen LogP contribution in [-0.4, -0.2) is 14.1 Å². The molecule has 3 aromatic rings. The molecule has 2 nitrogen and oxygen atoms in total. The number of nitrogens with zero attached hydrogens (tertiary/aromatic N) is 1. The Morgan fingerprint density at radius 3 is 2.50 bits per heavy atom. The van der Waals surface area contributed by atoms with E-state index in [0.29, 0.717) is 11.3 Å². The van der Waals surface area contributed by atoms with Gasteiger partial charge in [0.2, 0.25) is 0 Å². The lowest BCUT2D eigenvalue weighted by Gasteiger charge is -2.18. The van der Waals surface area contributed by atoms with Gasteiger partial charge in [0.05, 0.1) is 26.5 Å². The number of aromatic nitrogens is 1. The molecule has 0 saturated carbocycles. The highest BCUT2D eigenvalue weighted by Gasteiger charge is 2.23. The summed E-state index contributed by atoms with van der Waals surface area (Å²) in [7, 11) is 0. The lowest BCUT2D eigenvalue weighted by atomic mass is 9.88. The highest BCUT2D eigenvalue weighted by molar-refractivity contribution is 9.10. The predicted molar refractivity (Wildman–Crippen MR) is 96.8 cm³/mol. The van der Waals surface area contributed by atoms with Crippen LogP contribution in [0.1, 0.15) is 21.9 Å². The summed E-state index contributed by atoms with van der Waals surface area (Å²) in [4.78, 5) is 5.82. The molecule has 1 unspecified atom stereocenters. The molecule has 0 radical (unpaired) electrons. The number of thiazole rings is 1. The molecule has 0 aliphatic carbocycles. The van der Waals surface area contributed by atoms with Gasteiger partial charge in [0, 0.05) is 16.6 Å². The number of benzene rings is 2. The van der Waals surface area contributed by atoms with Crippen LogP contribution >= 0.6 is 27.3 Å². The summed E-state index contributed by atoms with van der Waals surface area (Å²) < 4.78 is 12.9. The molecule has 5 heteroatoms. The fourth-order valence-corrected chi connectivity index (χ4v) is 4.15. The summed E-state index contributed by atoms with van der Waals surface area (Å²) in [5.74, 6) is -0.0818. The minimum absolute atomic E-state index is 0.0818. The van der Waals surface area contributed by atoms with Crippen molar-refractivity contribution in [1.29, 1.82) is 0 Å². The van der Waals surface area contributed by atoms with Gasteiger partial charge < -0.3 is 0 Å². The van der Waals surface area contributed by atoms with Crippen molar-refractivity contribution in [2.45, 2.75) is 5.92 Å². The van der Waals surface area contributed by atoms with Crippen molar-refractivity contribution < 1.29 is 4.21 Å². The van der Waals surface area contributed by atoms with Gasteiger partial charge in [0.25, 0.3) is 0 Å². The van der Waals surface area contributed by atoms with Crippen molar-refractivity contribution in [3.8, 4) is 0 Å². The van der Waals surface area contributed by atoms with Gasteiger partial charge in [-0.05, 0) is 23.3 Å². The maximum Gasteiger partial charge on any atom is 0.0946 e. The quantitative estimate of drug-likeness (QED) is 0.486. The maximum atomic E-state index is 11.8. The molecule has 3 rings (SSSR count). The molecule has 0 bridgehead atoms. The van der Waals surface area contributed by atoms with Gasteiger partial charge in [-0.3, -0.25) is 4.98 Å². The van der Waals surface area contributed by atoms with E-state index in [1.54, 1.807) is 11.7 Å². The highest BCUT2D eigenvalue weighted by Crippen LogP contribution is 2.31. The normalized spacial score (nSPS) is 11.9. The Balaban J connectivity index is 2.17. The Morgan fingerprint density at radius 2 is 1.86 bits per heavy atom. The smallest absolute Gasteiger partial charge is 0.0946 e. The lowest BCUT2D eigenvalue weighted by Crippen LogP contribution is -2.14. The first kappa shape index (κ1) is 15.3. The minimum atomic E-state index is -0.0818. The Labute approximate surface area is 145 Å². The number of hydrogen-bond donors (Lipinski definition) is 0. The number of rotatable bonds is 4. The second-order valence-corrected chi connectivity index (χ2v) is 7.12. The molecule has 1 aromatic heterocycles. The molecular weight excluding hydrogens is 378 g/mol. The van der Waals surface area contributed by atoms with Crippen LogP contribution in [0.2, 0.25) is 0 Å². The maximum absolute atomic E-state index is 11.8. The van der Waals surface area contributed by atoms with Gasteiger partial charge in [-0.1, -0.05) is 58.4 Å². The monoisotopic (exact) mass is 389 g/mol. The largest absolute Gasteiger partial charge is 0.252 e. The summed E-state index contributed by atoms with van der Waals surface area (Å²) in [6.45, 7) is 0. The van der Waals surface area contributed by atoms with E-state index in [9.17, 15) is 4.21 Å². The molecule has 0 spiro atoms. The fraction of sp³-hybridized carbons (Fsp3) is 0.0588. The number of hydrogen-bond acceptors (Lipinski definition) is 3. The van der Waals surface area contributed by atoms with E-state index in [1.807, 2.05) is 30.3 Å². The van der Waals surface area contributed by atoms with Crippen molar-refractivity contribution in [2.24, 2.45) is 0 Å². The lowest BCUT2D eigenvalue weighted by molar-refractivity contribution is 0.700. The van der Waals surface area contributed by atoms with Crippen molar-refractivity contribution in [3.05, 3.63) is 86.8 Å². The topological polar surface area (TPSA) is 30.0 Å². The van der Waals surface area contributed by atoms with E-state index >= 15 is 0 Å². The Morgan fingerprint density at radius 1 is 1.09 bits per heavy atom. The second-order valence-electron chi connectivity index (χ2n) is 4.71. The first-order chi connectivity index (χ1) is 10.8. The zero-order valence-electron chi connectivity index (χ0n) is 11.5. The van der Waals surface area contributed by atoms with Crippen LogP contribution in [0, 0.1) is 0 Å². The second kappa shape index (κ2) is 7.13. The molecule has 0 aliphatic heterocycles.